The molecule has 2 saturated heterocycles. The zero-order valence-corrected chi connectivity index (χ0v) is 19.6. The van der Waals surface area contributed by atoms with E-state index in [1.807, 2.05) is 0 Å². The van der Waals surface area contributed by atoms with Gasteiger partial charge in [-0.3, -0.25) is 0 Å². The van der Waals surface area contributed by atoms with Crippen molar-refractivity contribution in [2.45, 2.75) is 29.8 Å². The Morgan fingerprint density at radius 3 is 2.59 bits per heavy atom. The molecule has 32 heavy (non-hydrogen) atoms. The number of nitrogens with one attached hydrogen (secondary N) is 1. The second-order valence-corrected chi connectivity index (χ2v) is 10.8. The van der Waals surface area contributed by atoms with Crippen LogP contribution in [0, 0.1) is 5.82 Å². The highest BCUT2D eigenvalue weighted by molar-refractivity contribution is 9.10. The highest BCUT2D eigenvalue weighted by atomic mass is 79.9. The van der Waals surface area contributed by atoms with Crippen LogP contribution in [0.1, 0.15) is 12.1 Å². The highest BCUT2D eigenvalue weighted by Gasteiger charge is 2.45. The molecule has 6 rings (SSSR count). The molecule has 3 aromatic rings. The number of halogens is 2. The molecule has 0 amide bonds. The van der Waals surface area contributed by atoms with Gasteiger partial charge in [0.05, 0.1) is 6.04 Å². The van der Waals surface area contributed by atoms with Crippen molar-refractivity contribution in [3.63, 3.8) is 0 Å². The molecule has 6 nitrogen and oxygen atoms in total. The second-order valence-electron chi connectivity index (χ2n) is 8.41. The maximum Gasteiger partial charge on any atom is 0.228 e. The summed E-state index contributed by atoms with van der Waals surface area (Å²) in [5.41, 5.74) is 2.66. The van der Waals surface area contributed by atoms with E-state index in [2.05, 4.69) is 55.3 Å². The van der Waals surface area contributed by atoms with E-state index >= 15 is 0 Å². The Morgan fingerprint density at radius 1 is 1.06 bits per heavy atom. The Kier molecular flexibility index (Phi) is 5.00. The summed E-state index contributed by atoms with van der Waals surface area (Å²) in [6.07, 6.45) is 1.73. The lowest BCUT2D eigenvalue weighted by Crippen LogP contribution is -2.47. The summed E-state index contributed by atoms with van der Waals surface area (Å²) in [7, 11) is 0. The average molecular weight is 514 g/mol. The van der Waals surface area contributed by atoms with E-state index in [1.54, 1.807) is 12.1 Å². The predicted octanol–water partition coefficient (Wildman–Crippen LogP) is 4.25. The van der Waals surface area contributed by atoms with Crippen molar-refractivity contribution in [1.82, 2.24) is 9.97 Å². The number of benzene rings is 2. The summed E-state index contributed by atoms with van der Waals surface area (Å²) >= 11 is 2.36. The van der Waals surface area contributed by atoms with Gasteiger partial charge in [0.25, 0.3) is 0 Å². The Bertz CT molecular complexity index is 1180. The smallest absolute Gasteiger partial charge is 0.228 e. The van der Waals surface area contributed by atoms with Gasteiger partial charge in [0, 0.05) is 41.4 Å². The summed E-state index contributed by atoms with van der Waals surface area (Å²) < 4.78 is 27.4. The van der Waals surface area contributed by atoms with Crippen LogP contribution in [0.2, 0.25) is 0 Å². The van der Waals surface area contributed by atoms with E-state index in [9.17, 15) is 8.94 Å². The van der Waals surface area contributed by atoms with Crippen molar-refractivity contribution >= 4 is 50.2 Å². The first-order valence-electron chi connectivity index (χ1n) is 10.7. The van der Waals surface area contributed by atoms with E-state index in [1.165, 1.54) is 17.8 Å². The van der Waals surface area contributed by atoms with Crippen molar-refractivity contribution in [2.75, 3.05) is 34.0 Å². The molecule has 0 saturated carbocycles. The van der Waals surface area contributed by atoms with Crippen LogP contribution < -0.4 is 15.1 Å². The number of hydrogen-bond donors (Lipinski definition) is 1. The minimum Gasteiger partial charge on any atom is -0.611 e. The fourth-order valence-corrected chi connectivity index (χ4v) is 6.53. The molecule has 0 spiro atoms. The van der Waals surface area contributed by atoms with Crippen LogP contribution in [0.25, 0.3) is 0 Å². The first-order chi connectivity index (χ1) is 15.5. The van der Waals surface area contributed by atoms with Gasteiger partial charge in [0.15, 0.2) is 5.82 Å². The molecule has 2 bridgehead atoms. The van der Waals surface area contributed by atoms with Crippen LogP contribution in [0.3, 0.4) is 0 Å². The van der Waals surface area contributed by atoms with Crippen molar-refractivity contribution in [3.05, 3.63) is 64.5 Å². The van der Waals surface area contributed by atoms with Crippen LogP contribution in [0.15, 0.2) is 57.9 Å². The van der Waals surface area contributed by atoms with E-state index in [-0.39, 0.29) is 5.82 Å². The minimum atomic E-state index is -1.14. The Labute approximate surface area is 197 Å². The zero-order chi connectivity index (χ0) is 21.8. The number of piperazine rings is 1. The summed E-state index contributed by atoms with van der Waals surface area (Å²) in [5, 5.41) is 3.20. The van der Waals surface area contributed by atoms with E-state index in [4.69, 9.17) is 9.97 Å². The van der Waals surface area contributed by atoms with Crippen molar-refractivity contribution in [3.8, 4) is 0 Å². The van der Waals surface area contributed by atoms with Gasteiger partial charge in [0.1, 0.15) is 17.3 Å². The number of aryl methyl sites for hydroxylation is 1. The van der Waals surface area contributed by atoms with Gasteiger partial charge in [-0.2, -0.15) is 4.98 Å². The topological polar surface area (TPSA) is 67.4 Å². The fourth-order valence-electron chi connectivity index (χ4n) is 4.96. The predicted molar refractivity (Wildman–Crippen MR) is 128 cm³/mol. The molecule has 0 aliphatic carbocycles. The monoisotopic (exact) mass is 513 g/mol. The molecular formula is C23H21BrFN5OS. The molecule has 1 aromatic heterocycles. The van der Waals surface area contributed by atoms with Crippen molar-refractivity contribution in [1.29, 1.82) is 0 Å². The number of aromatic nitrogens is 2. The second kappa shape index (κ2) is 7.90. The van der Waals surface area contributed by atoms with Gasteiger partial charge >= 0.3 is 0 Å². The average Bonchev–Trinajstić information content (AvgIpc) is 3.49. The molecule has 4 heterocycles. The van der Waals surface area contributed by atoms with Gasteiger partial charge in [0.2, 0.25) is 10.8 Å². The van der Waals surface area contributed by atoms with Crippen molar-refractivity contribution < 1.29 is 8.94 Å². The quantitative estimate of drug-likeness (QED) is 0.526. The van der Waals surface area contributed by atoms with Gasteiger partial charge < -0.3 is 19.7 Å². The van der Waals surface area contributed by atoms with Gasteiger partial charge in [-0.15, -0.1) is 0 Å². The number of fused-ring (bicyclic) bond motifs is 3. The van der Waals surface area contributed by atoms with Crippen LogP contribution in [0.4, 0.5) is 27.5 Å². The highest BCUT2D eigenvalue weighted by Crippen LogP contribution is 2.39. The molecule has 3 aliphatic heterocycles. The summed E-state index contributed by atoms with van der Waals surface area (Å²) in [4.78, 5) is 15.0. The summed E-state index contributed by atoms with van der Waals surface area (Å²) in [6.45, 7) is 1.77. The number of anilines is 4. The summed E-state index contributed by atoms with van der Waals surface area (Å²) in [6, 6.07) is 15.4. The Hall–Kier alpha value is -2.36. The third kappa shape index (κ3) is 3.52. The largest absolute Gasteiger partial charge is 0.611 e. The van der Waals surface area contributed by atoms with Crippen LogP contribution in [-0.4, -0.2) is 45.4 Å². The van der Waals surface area contributed by atoms with Crippen molar-refractivity contribution in [2.24, 2.45) is 0 Å². The van der Waals surface area contributed by atoms with E-state index in [0.29, 0.717) is 46.6 Å². The third-order valence-electron chi connectivity index (χ3n) is 6.42. The third-order valence-corrected chi connectivity index (χ3v) is 8.41. The first kappa shape index (κ1) is 20.3. The standard InChI is InChI=1S/C23H21BrFN5OS/c24-14-4-6-17(7-5-14)29-12-19-11-18(29)13-30(19)23-27-20-8-9-32(31)21(20)22(28-23)26-16-3-1-2-15(25)10-16/h1-7,10,18-19H,8-9,11-13H2,(H,26,27,28). The maximum atomic E-state index is 13.7. The lowest BCUT2D eigenvalue weighted by molar-refractivity contribution is 0.598. The Morgan fingerprint density at radius 2 is 1.84 bits per heavy atom. The molecule has 3 unspecified atom stereocenters. The lowest BCUT2D eigenvalue weighted by atomic mass is 10.2. The SMILES string of the molecule is [O-][S+]1CCc2nc(N3CC4CC3CN4c3ccc(Br)cc3)nc(Nc3cccc(F)c3)c21. The minimum absolute atomic E-state index is 0.327. The summed E-state index contributed by atoms with van der Waals surface area (Å²) in [5.74, 6) is 1.42. The van der Waals surface area contributed by atoms with Gasteiger partial charge in [-0.1, -0.05) is 22.0 Å². The molecule has 2 fully saturated rings. The molecule has 3 aliphatic rings. The molecular weight excluding hydrogens is 493 g/mol. The molecule has 1 N–H and O–H groups in total. The van der Waals surface area contributed by atoms with Crippen LogP contribution >= 0.6 is 15.9 Å². The van der Waals surface area contributed by atoms with Gasteiger partial charge in [-0.05, 0) is 60.1 Å². The van der Waals surface area contributed by atoms with E-state index in [0.717, 1.165) is 29.7 Å². The van der Waals surface area contributed by atoms with E-state index < -0.39 is 11.2 Å². The Balaban J connectivity index is 1.29. The van der Waals surface area contributed by atoms with Crippen LogP contribution in [0.5, 0.6) is 0 Å². The zero-order valence-electron chi connectivity index (χ0n) is 17.2. The molecule has 9 heteroatoms. The molecule has 0 radical (unpaired) electrons. The van der Waals surface area contributed by atoms with Crippen LogP contribution in [-0.2, 0) is 17.6 Å². The number of rotatable bonds is 4. The maximum absolute atomic E-state index is 13.7. The lowest BCUT2D eigenvalue weighted by Gasteiger charge is -2.35. The number of hydrogen-bond acceptors (Lipinski definition) is 6. The fraction of sp³-hybridized carbons (Fsp3) is 0.304. The normalized spacial score (nSPS) is 23.7. The molecule has 3 atom stereocenters. The molecule has 2 aromatic carbocycles. The number of nitrogens with zero attached hydrogens (tertiary/aromatic N) is 4. The first-order valence-corrected chi connectivity index (χ1v) is 12.8. The van der Waals surface area contributed by atoms with Gasteiger partial charge in [-0.25, -0.2) is 9.37 Å². The molecule has 164 valence electrons.